The Balaban J connectivity index is 1.46. The molecule has 1 aliphatic carbocycles. The number of halogens is 1. The van der Waals surface area contributed by atoms with E-state index in [0.717, 1.165) is 53.5 Å². The van der Waals surface area contributed by atoms with Gasteiger partial charge in [-0.3, -0.25) is 14.5 Å². The average molecular weight is 572 g/mol. The van der Waals surface area contributed by atoms with Gasteiger partial charge in [-0.25, -0.2) is 4.68 Å². The molecule has 0 spiro atoms. The van der Waals surface area contributed by atoms with E-state index in [9.17, 15) is 9.59 Å². The van der Waals surface area contributed by atoms with Crippen molar-refractivity contribution in [3.05, 3.63) is 93.6 Å². The number of nitrogens with zero attached hydrogens (tertiary/aromatic N) is 3. The molecule has 2 aliphatic rings. The first-order chi connectivity index (χ1) is 18.4. The molecule has 1 aromatic heterocycles. The highest BCUT2D eigenvalue weighted by atomic mass is 79.9. The Kier molecular flexibility index (Phi) is 6.66. The molecule has 38 heavy (non-hydrogen) atoms. The second kappa shape index (κ2) is 10.1. The van der Waals surface area contributed by atoms with Gasteiger partial charge < -0.3 is 5.32 Å². The predicted molar refractivity (Wildman–Crippen MR) is 153 cm³/mol. The van der Waals surface area contributed by atoms with Crippen molar-refractivity contribution in [2.45, 2.75) is 38.1 Å². The minimum atomic E-state index is -0.165. The lowest BCUT2D eigenvalue weighted by Gasteiger charge is -2.20. The van der Waals surface area contributed by atoms with Gasteiger partial charge in [0.15, 0.2) is 0 Å². The van der Waals surface area contributed by atoms with Crippen molar-refractivity contribution in [1.29, 1.82) is 0 Å². The lowest BCUT2D eigenvalue weighted by Crippen LogP contribution is -2.22. The first-order valence-electron chi connectivity index (χ1n) is 13.2. The smallest absolute Gasteiger partial charge is 0.270 e. The summed E-state index contributed by atoms with van der Waals surface area (Å²) in [5.74, 6) is 0.595. The van der Waals surface area contributed by atoms with Crippen LogP contribution in [0.3, 0.4) is 0 Å². The fraction of sp³-hybridized carbons (Fsp3) is 0.323. The molecule has 1 amide bonds. The van der Waals surface area contributed by atoms with Crippen LogP contribution < -0.4 is 5.32 Å². The van der Waals surface area contributed by atoms with Crippen LogP contribution in [-0.2, 0) is 11.3 Å². The second-order valence-electron chi connectivity index (χ2n) is 10.6. The summed E-state index contributed by atoms with van der Waals surface area (Å²) >= 11 is 3.50. The number of nitrogens with one attached hydrogen (secondary N) is 1. The Bertz CT molecular complexity index is 1510. The van der Waals surface area contributed by atoms with E-state index in [-0.39, 0.29) is 23.5 Å². The highest BCUT2D eigenvalue weighted by Crippen LogP contribution is 2.47. The molecular formula is C31H31BrN4O2. The highest BCUT2D eigenvalue weighted by molar-refractivity contribution is 9.10. The first-order valence-corrected chi connectivity index (χ1v) is 14.0. The van der Waals surface area contributed by atoms with Gasteiger partial charge in [-0.1, -0.05) is 46.3 Å². The molecule has 0 unspecified atom stereocenters. The third-order valence-electron chi connectivity index (χ3n) is 7.97. The maximum Gasteiger partial charge on any atom is 0.270 e. The summed E-state index contributed by atoms with van der Waals surface area (Å²) in [7, 11) is 1.65. The zero-order valence-electron chi connectivity index (χ0n) is 21.7. The average Bonchev–Trinajstić information content (AvgIpc) is 3.58. The molecule has 0 radical (unpaired) electrons. The minimum Gasteiger partial charge on any atom is -0.354 e. The van der Waals surface area contributed by atoms with Crippen molar-refractivity contribution >= 4 is 38.5 Å². The van der Waals surface area contributed by atoms with Crippen LogP contribution in [0, 0.1) is 5.92 Å². The van der Waals surface area contributed by atoms with Crippen LogP contribution in [-0.4, -0.2) is 46.5 Å². The van der Waals surface area contributed by atoms with E-state index in [1.165, 1.54) is 16.7 Å². The number of carbonyl (C=O) groups is 2. The lowest BCUT2D eigenvalue weighted by atomic mass is 9.82. The number of benzene rings is 3. The largest absolute Gasteiger partial charge is 0.354 e. The molecule has 1 aliphatic heterocycles. The number of hydrogen-bond donors (Lipinski definition) is 1. The van der Waals surface area contributed by atoms with Gasteiger partial charge in [-0.2, -0.15) is 5.10 Å². The molecule has 1 N–H and O–H groups in total. The normalized spacial score (nSPS) is 19.7. The SMILES string of the molecule is CNC(=O)c1c2cc(C3CC3)c([C@@H]3CN(Cc4ccccc4)C[C@H]3C(C)=O)cc2nn1-c1ccc(Br)cc1. The summed E-state index contributed by atoms with van der Waals surface area (Å²) in [5.41, 5.74) is 5.91. The monoisotopic (exact) mass is 570 g/mol. The Morgan fingerprint density at radius 3 is 2.39 bits per heavy atom. The number of likely N-dealkylation sites (tertiary alicyclic amines) is 1. The van der Waals surface area contributed by atoms with E-state index in [1.807, 2.05) is 30.3 Å². The van der Waals surface area contributed by atoms with Crippen LogP contribution in [0.1, 0.15) is 58.8 Å². The molecule has 2 heterocycles. The number of ketones is 1. The molecule has 2 fully saturated rings. The number of hydrogen-bond acceptors (Lipinski definition) is 4. The van der Waals surface area contributed by atoms with Crippen LogP contribution in [0.15, 0.2) is 71.2 Å². The number of carbonyl (C=O) groups excluding carboxylic acids is 2. The van der Waals surface area contributed by atoms with Crippen molar-refractivity contribution in [3.63, 3.8) is 0 Å². The van der Waals surface area contributed by atoms with E-state index < -0.39 is 0 Å². The zero-order chi connectivity index (χ0) is 26.4. The number of rotatable bonds is 7. The topological polar surface area (TPSA) is 67.2 Å². The molecule has 1 saturated heterocycles. The molecule has 194 valence electrons. The summed E-state index contributed by atoms with van der Waals surface area (Å²) in [6.45, 7) is 4.15. The van der Waals surface area contributed by atoms with Gasteiger partial charge in [0, 0.05) is 48.4 Å². The van der Waals surface area contributed by atoms with Crippen molar-refractivity contribution in [3.8, 4) is 5.69 Å². The van der Waals surface area contributed by atoms with Gasteiger partial charge in [0.1, 0.15) is 11.5 Å². The van der Waals surface area contributed by atoms with E-state index >= 15 is 0 Å². The molecule has 3 aromatic carbocycles. The Hall–Kier alpha value is -3.29. The minimum absolute atomic E-state index is 0.0550. The Morgan fingerprint density at radius 2 is 1.74 bits per heavy atom. The van der Waals surface area contributed by atoms with E-state index in [1.54, 1.807) is 18.7 Å². The van der Waals surface area contributed by atoms with Crippen LogP contribution in [0.5, 0.6) is 0 Å². The molecule has 0 bridgehead atoms. The third kappa shape index (κ3) is 4.69. The molecule has 1 saturated carbocycles. The summed E-state index contributed by atoms with van der Waals surface area (Å²) in [6, 6.07) is 22.6. The quantitative estimate of drug-likeness (QED) is 0.303. The summed E-state index contributed by atoms with van der Waals surface area (Å²) in [5, 5.41) is 8.60. The Labute approximate surface area is 231 Å². The van der Waals surface area contributed by atoms with E-state index in [0.29, 0.717) is 11.6 Å². The Morgan fingerprint density at radius 1 is 1.00 bits per heavy atom. The summed E-state index contributed by atoms with van der Waals surface area (Å²) in [6.07, 6.45) is 2.28. The van der Waals surface area contributed by atoms with Crippen molar-refractivity contribution in [2.24, 2.45) is 5.92 Å². The lowest BCUT2D eigenvalue weighted by molar-refractivity contribution is -0.120. The summed E-state index contributed by atoms with van der Waals surface area (Å²) in [4.78, 5) is 28.4. The van der Waals surface area contributed by atoms with E-state index in [4.69, 9.17) is 5.10 Å². The van der Waals surface area contributed by atoms with Crippen molar-refractivity contribution in [2.75, 3.05) is 20.1 Å². The number of fused-ring (bicyclic) bond motifs is 1. The fourth-order valence-electron chi connectivity index (χ4n) is 5.92. The number of amides is 1. The maximum atomic E-state index is 13.1. The predicted octanol–water partition coefficient (Wildman–Crippen LogP) is 5.83. The fourth-order valence-corrected chi connectivity index (χ4v) is 6.19. The number of Topliss-reactive ketones (excluding diaryl/α,β-unsaturated/α-hetero) is 1. The van der Waals surface area contributed by atoms with Crippen LogP contribution in [0.4, 0.5) is 0 Å². The molecule has 7 heteroatoms. The van der Waals surface area contributed by atoms with Crippen LogP contribution >= 0.6 is 15.9 Å². The standard InChI is InChI=1S/C31H31BrN4O2/c1-19(37)27-17-35(16-20-6-4-3-5-7-20)18-28(27)25-15-29-26(14-24(25)21-8-9-21)30(31(38)33-2)36(34-29)23-12-10-22(32)11-13-23/h3-7,10-15,21,27-28H,8-9,16-18H2,1-2H3,(H,33,38)/t27-,28-/m0/s1. The summed E-state index contributed by atoms with van der Waals surface area (Å²) < 4.78 is 2.71. The molecule has 6 nitrogen and oxygen atoms in total. The highest BCUT2D eigenvalue weighted by Gasteiger charge is 2.40. The van der Waals surface area contributed by atoms with Gasteiger partial charge >= 0.3 is 0 Å². The molecule has 6 rings (SSSR count). The van der Waals surface area contributed by atoms with Crippen LogP contribution in [0.25, 0.3) is 16.6 Å². The molecular weight excluding hydrogens is 540 g/mol. The van der Waals surface area contributed by atoms with Gasteiger partial charge in [-0.15, -0.1) is 0 Å². The first kappa shape index (κ1) is 25.0. The van der Waals surface area contributed by atoms with Gasteiger partial charge in [0.05, 0.1) is 11.2 Å². The van der Waals surface area contributed by atoms with Crippen molar-refractivity contribution < 1.29 is 9.59 Å². The second-order valence-corrected chi connectivity index (χ2v) is 11.5. The molecule has 2 atom stereocenters. The zero-order valence-corrected chi connectivity index (χ0v) is 23.2. The molecule has 4 aromatic rings. The van der Waals surface area contributed by atoms with Gasteiger partial charge in [-0.05, 0) is 78.8 Å². The van der Waals surface area contributed by atoms with Crippen molar-refractivity contribution in [1.82, 2.24) is 20.0 Å². The van der Waals surface area contributed by atoms with Gasteiger partial charge in [0.2, 0.25) is 0 Å². The number of aromatic nitrogens is 2. The van der Waals surface area contributed by atoms with E-state index in [2.05, 4.69) is 62.5 Å². The maximum absolute atomic E-state index is 13.1. The van der Waals surface area contributed by atoms with Gasteiger partial charge in [0.25, 0.3) is 5.91 Å². The third-order valence-corrected chi connectivity index (χ3v) is 8.50. The van der Waals surface area contributed by atoms with Crippen LogP contribution in [0.2, 0.25) is 0 Å².